The monoisotopic (exact) mass is 588 g/mol. The molecule has 0 spiro atoms. The molecule has 0 saturated carbocycles. The molecule has 9 aromatic rings. The smallest absolute Gasteiger partial charge is 0.136 e. The van der Waals surface area contributed by atoms with Crippen LogP contribution in [0.2, 0.25) is 0 Å². The zero-order valence-corrected chi connectivity index (χ0v) is 26.0. The molecule has 0 unspecified atom stereocenters. The van der Waals surface area contributed by atoms with Gasteiger partial charge in [0.05, 0.1) is 0 Å². The van der Waals surface area contributed by atoms with Crippen molar-refractivity contribution < 1.29 is 4.42 Å². The quantitative estimate of drug-likeness (QED) is 0.186. The van der Waals surface area contributed by atoms with Crippen LogP contribution in [0.3, 0.4) is 0 Å². The van der Waals surface area contributed by atoms with E-state index in [4.69, 9.17) is 4.42 Å². The van der Waals surface area contributed by atoms with E-state index in [0.717, 1.165) is 33.9 Å². The fourth-order valence-electron chi connectivity index (χ4n) is 7.29. The molecule has 0 saturated heterocycles. The van der Waals surface area contributed by atoms with E-state index in [2.05, 4.69) is 159 Å². The van der Waals surface area contributed by atoms with Crippen molar-refractivity contribution >= 4 is 54.3 Å². The minimum Gasteiger partial charge on any atom is -0.456 e. The average Bonchev–Trinajstić information content (AvgIpc) is 3.48. The highest BCUT2D eigenvalue weighted by Gasteiger charge is 2.13. The summed E-state index contributed by atoms with van der Waals surface area (Å²) in [5.74, 6) is 0. The Kier molecular flexibility index (Phi) is 6.08. The van der Waals surface area contributed by atoms with Crippen molar-refractivity contribution in [2.45, 2.75) is 20.3 Å². The van der Waals surface area contributed by atoms with Crippen molar-refractivity contribution in [2.75, 3.05) is 0 Å². The first-order valence-electron chi connectivity index (χ1n) is 16.1. The first-order valence-corrected chi connectivity index (χ1v) is 16.1. The third-order valence-corrected chi connectivity index (χ3v) is 9.63. The van der Waals surface area contributed by atoms with Gasteiger partial charge in [-0.25, -0.2) is 0 Å². The summed E-state index contributed by atoms with van der Waals surface area (Å²) >= 11 is 0. The third kappa shape index (κ3) is 4.31. The highest BCUT2D eigenvalue weighted by molar-refractivity contribution is 6.25. The summed E-state index contributed by atoms with van der Waals surface area (Å²) in [7, 11) is 0. The lowest BCUT2D eigenvalue weighted by Crippen LogP contribution is -1.88. The van der Waals surface area contributed by atoms with Crippen molar-refractivity contribution in [2.24, 2.45) is 0 Å². The Balaban J connectivity index is 1.16. The number of hydrogen-bond donors (Lipinski definition) is 0. The SMILES string of the molecule is CCc1ccc2c3ccc(-c4cc(C)cc(-c5ccc6c(c5)oc5ccc(-c7ccccc7)cc56)c4)cc3c3ccccc3c2c1. The van der Waals surface area contributed by atoms with E-state index in [-0.39, 0.29) is 0 Å². The number of hydrogen-bond acceptors (Lipinski definition) is 1. The molecule has 0 amide bonds. The summed E-state index contributed by atoms with van der Waals surface area (Å²) < 4.78 is 6.39. The summed E-state index contributed by atoms with van der Waals surface area (Å²) in [6.07, 6.45) is 1.04. The van der Waals surface area contributed by atoms with Crippen molar-refractivity contribution in [1.82, 2.24) is 0 Å². The summed E-state index contributed by atoms with van der Waals surface area (Å²) in [6, 6.07) is 53.3. The van der Waals surface area contributed by atoms with Crippen molar-refractivity contribution in [3.8, 4) is 33.4 Å². The molecule has 8 aromatic carbocycles. The summed E-state index contributed by atoms with van der Waals surface area (Å²) in [4.78, 5) is 0. The van der Waals surface area contributed by atoms with E-state index in [9.17, 15) is 0 Å². The van der Waals surface area contributed by atoms with Gasteiger partial charge < -0.3 is 4.42 Å². The van der Waals surface area contributed by atoms with Gasteiger partial charge in [0.15, 0.2) is 0 Å². The molecule has 1 heterocycles. The molecule has 0 fully saturated rings. The van der Waals surface area contributed by atoms with Crippen LogP contribution < -0.4 is 0 Å². The van der Waals surface area contributed by atoms with Gasteiger partial charge in [0, 0.05) is 10.8 Å². The van der Waals surface area contributed by atoms with Gasteiger partial charge in [0.25, 0.3) is 0 Å². The van der Waals surface area contributed by atoms with Gasteiger partial charge in [-0.1, -0.05) is 116 Å². The van der Waals surface area contributed by atoms with E-state index >= 15 is 0 Å². The first-order chi connectivity index (χ1) is 22.6. The molecule has 1 nitrogen and oxygen atoms in total. The van der Waals surface area contributed by atoms with Crippen LogP contribution in [-0.2, 0) is 6.42 Å². The van der Waals surface area contributed by atoms with Crippen molar-refractivity contribution in [3.63, 3.8) is 0 Å². The molecular formula is C45H32O. The minimum atomic E-state index is 0.913. The number of furan rings is 1. The molecular weight excluding hydrogens is 556 g/mol. The Hall–Kier alpha value is -5.66. The first kappa shape index (κ1) is 26.7. The van der Waals surface area contributed by atoms with Crippen LogP contribution >= 0.6 is 0 Å². The standard InChI is InChI=1S/C45H32O/c1-3-29-13-17-38-39-18-14-32(25-42(39)37-12-8-7-11-36(37)41(38)23-29)34-21-28(2)22-35(24-34)33-15-19-40-43-26-31(30-9-5-4-6-10-30)16-20-44(43)46-45(40)27-33/h4-27H,3H2,1-2H3. The fraction of sp³-hybridized carbons (Fsp3) is 0.0667. The van der Waals surface area contributed by atoms with Crippen molar-refractivity contribution in [1.29, 1.82) is 0 Å². The molecule has 218 valence electrons. The molecule has 46 heavy (non-hydrogen) atoms. The Labute approximate surface area is 268 Å². The van der Waals surface area contributed by atoms with Crippen LogP contribution in [0.15, 0.2) is 150 Å². The van der Waals surface area contributed by atoms with Gasteiger partial charge in [0.1, 0.15) is 11.2 Å². The van der Waals surface area contributed by atoms with E-state index in [0.29, 0.717) is 0 Å². The molecule has 0 aliphatic heterocycles. The second-order valence-corrected chi connectivity index (χ2v) is 12.5. The van der Waals surface area contributed by atoms with E-state index in [1.165, 1.54) is 71.3 Å². The third-order valence-electron chi connectivity index (χ3n) is 9.63. The average molecular weight is 589 g/mol. The lowest BCUT2D eigenvalue weighted by Gasteiger charge is -2.14. The fourth-order valence-corrected chi connectivity index (χ4v) is 7.29. The van der Waals surface area contributed by atoms with Crippen LogP contribution in [0.4, 0.5) is 0 Å². The van der Waals surface area contributed by atoms with E-state index < -0.39 is 0 Å². The highest BCUT2D eigenvalue weighted by atomic mass is 16.3. The van der Waals surface area contributed by atoms with Gasteiger partial charge in [-0.15, -0.1) is 0 Å². The second kappa shape index (κ2) is 10.5. The topological polar surface area (TPSA) is 13.1 Å². The van der Waals surface area contributed by atoms with Crippen LogP contribution in [0.25, 0.3) is 87.6 Å². The molecule has 0 aliphatic carbocycles. The lowest BCUT2D eigenvalue weighted by molar-refractivity contribution is 0.669. The molecule has 0 bridgehead atoms. The van der Waals surface area contributed by atoms with Crippen LogP contribution in [-0.4, -0.2) is 0 Å². The number of rotatable bonds is 4. The maximum Gasteiger partial charge on any atom is 0.136 e. The largest absolute Gasteiger partial charge is 0.456 e. The Morgan fingerprint density at radius 2 is 0.935 bits per heavy atom. The Morgan fingerprint density at radius 3 is 1.67 bits per heavy atom. The van der Waals surface area contributed by atoms with E-state index in [1.807, 2.05) is 0 Å². The van der Waals surface area contributed by atoms with Crippen molar-refractivity contribution in [3.05, 3.63) is 157 Å². The lowest BCUT2D eigenvalue weighted by atomic mass is 9.90. The molecule has 0 radical (unpaired) electrons. The minimum absolute atomic E-state index is 0.913. The molecule has 0 aliphatic rings. The van der Waals surface area contributed by atoms with E-state index in [1.54, 1.807) is 0 Å². The normalized spacial score (nSPS) is 11.8. The maximum absolute atomic E-state index is 6.39. The predicted octanol–water partition coefficient (Wildman–Crippen LogP) is 12.9. The van der Waals surface area contributed by atoms with Crippen LogP contribution in [0.1, 0.15) is 18.1 Å². The van der Waals surface area contributed by atoms with Gasteiger partial charge in [-0.3, -0.25) is 0 Å². The number of fused-ring (bicyclic) bond motifs is 9. The summed E-state index contributed by atoms with van der Waals surface area (Å²) in [5.41, 5.74) is 11.6. The molecule has 0 N–H and O–H groups in total. The Morgan fingerprint density at radius 1 is 0.370 bits per heavy atom. The zero-order valence-electron chi connectivity index (χ0n) is 26.0. The predicted molar refractivity (Wildman–Crippen MR) is 197 cm³/mol. The number of aryl methyl sites for hydroxylation is 2. The van der Waals surface area contributed by atoms with Gasteiger partial charge in [0.2, 0.25) is 0 Å². The van der Waals surface area contributed by atoms with Gasteiger partial charge >= 0.3 is 0 Å². The number of benzene rings is 8. The molecule has 1 aromatic heterocycles. The molecule has 0 atom stereocenters. The summed E-state index contributed by atoms with van der Waals surface area (Å²) in [5, 5.41) is 10.2. The second-order valence-electron chi connectivity index (χ2n) is 12.5. The highest BCUT2D eigenvalue weighted by Crippen LogP contribution is 2.39. The summed E-state index contributed by atoms with van der Waals surface area (Å²) in [6.45, 7) is 4.41. The van der Waals surface area contributed by atoms with Gasteiger partial charge in [-0.05, 0) is 127 Å². The molecule has 1 heteroatoms. The zero-order chi connectivity index (χ0) is 30.8. The van der Waals surface area contributed by atoms with Crippen LogP contribution in [0.5, 0.6) is 0 Å². The van der Waals surface area contributed by atoms with Gasteiger partial charge in [-0.2, -0.15) is 0 Å². The Bertz CT molecular complexity index is 2600. The van der Waals surface area contributed by atoms with Crippen LogP contribution in [0, 0.1) is 6.92 Å². The maximum atomic E-state index is 6.39. The molecule has 9 rings (SSSR count).